The largest absolute Gasteiger partial charge is 0.481 e. The summed E-state index contributed by atoms with van der Waals surface area (Å²) in [6.45, 7) is 1.33. The quantitative estimate of drug-likeness (QED) is 0.540. The lowest BCUT2D eigenvalue weighted by Crippen LogP contribution is -2.11. The molecule has 0 fully saturated rings. The smallest absolute Gasteiger partial charge is 0.341 e. The average Bonchev–Trinajstić information content (AvgIpc) is 2.72. The Balaban J connectivity index is 1.95. The van der Waals surface area contributed by atoms with E-state index in [0.29, 0.717) is 28.3 Å². The van der Waals surface area contributed by atoms with Gasteiger partial charge in [-0.15, -0.1) is 0 Å². The highest BCUT2D eigenvalue weighted by Gasteiger charge is 2.18. The third-order valence-corrected chi connectivity index (χ3v) is 6.60. The summed E-state index contributed by atoms with van der Waals surface area (Å²) < 4.78 is 31.3. The van der Waals surface area contributed by atoms with Crippen LogP contribution in [0, 0.1) is 6.92 Å². The lowest BCUT2D eigenvalue weighted by molar-refractivity contribution is -0.139. The summed E-state index contributed by atoms with van der Waals surface area (Å²) in [7, 11) is -3.52. The molecule has 3 aromatic rings. The van der Waals surface area contributed by atoms with Crippen molar-refractivity contribution in [2.75, 3.05) is 12.4 Å². The molecule has 5 nitrogen and oxygen atoms in total. The second kappa shape index (κ2) is 9.32. The number of sulfone groups is 1. The van der Waals surface area contributed by atoms with Crippen LogP contribution in [0.15, 0.2) is 71.6 Å². The molecule has 0 unspecified atom stereocenters. The Morgan fingerprint density at radius 1 is 1.00 bits per heavy atom. The van der Waals surface area contributed by atoms with Gasteiger partial charge < -0.3 is 9.84 Å². The number of carbonyl (C=O) groups is 1. The molecule has 30 heavy (non-hydrogen) atoms. The maximum Gasteiger partial charge on any atom is 0.341 e. The number of aryl methyl sites for hydroxylation is 2. The molecule has 3 rings (SSSR count). The second-order valence-electron chi connectivity index (χ2n) is 6.85. The van der Waals surface area contributed by atoms with Crippen molar-refractivity contribution in [3.05, 3.63) is 82.9 Å². The lowest BCUT2D eigenvalue weighted by Gasteiger charge is -2.14. The standard InChI is InChI=1S/C23H21ClO5S/c1-16-7-9-19(30(27,28)12-11-17-5-3-2-4-6-17)14-20(16)21-13-18(24)8-10-22(21)29-15-23(25)26/h2-10,13-14H,11-12,15H2,1H3,(H,25,26). The topological polar surface area (TPSA) is 80.7 Å². The highest BCUT2D eigenvalue weighted by molar-refractivity contribution is 7.91. The van der Waals surface area contributed by atoms with Crippen LogP contribution in [0.1, 0.15) is 11.1 Å². The molecule has 0 aliphatic carbocycles. The van der Waals surface area contributed by atoms with Gasteiger partial charge in [-0.05, 0) is 60.4 Å². The van der Waals surface area contributed by atoms with Gasteiger partial charge in [0, 0.05) is 10.6 Å². The van der Waals surface area contributed by atoms with E-state index in [1.54, 1.807) is 36.4 Å². The first-order chi connectivity index (χ1) is 14.3. The highest BCUT2D eigenvalue weighted by Crippen LogP contribution is 2.36. The van der Waals surface area contributed by atoms with Gasteiger partial charge in [-0.2, -0.15) is 0 Å². The molecule has 0 bridgehead atoms. The fraction of sp³-hybridized carbons (Fsp3) is 0.174. The first-order valence-electron chi connectivity index (χ1n) is 9.28. The predicted molar refractivity (Wildman–Crippen MR) is 117 cm³/mol. The monoisotopic (exact) mass is 444 g/mol. The van der Waals surface area contributed by atoms with Gasteiger partial charge >= 0.3 is 5.97 Å². The lowest BCUT2D eigenvalue weighted by atomic mass is 10.00. The van der Waals surface area contributed by atoms with Gasteiger partial charge in [0.05, 0.1) is 10.6 Å². The van der Waals surface area contributed by atoms with Gasteiger partial charge in [0.25, 0.3) is 0 Å². The SMILES string of the molecule is Cc1ccc(S(=O)(=O)CCc2ccccc2)cc1-c1cc(Cl)ccc1OCC(=O)O. The summed E-state index contributed by atoms with van der Waals surface area (Å²) in [5, 5.41) is 9.35. The Morgan fingerprint density at radius 3 is 2.43 bits per heavy atom. The number of halogens is 1. The molecule has 0 saturated carbocycles. The van der Waals surface area contributed by atoms with E-state index in [1.165, 1.54) is 0 Å². The third kappa shape index (κ3) is 5.40. The fourth-order valence-corrected chi connectivity index (χ4v) is 4.56. The summed E-state index contributed by atoms with van der Waals surface area (Å²) >= 11 is 6.14. The summed E-state index contributed by atoms with van der Waals surface area (Å²) in [6.07, 6.45) is 0.413. The number of carboxylic acids is 1. The van der Waals surface area contributed by atoms with E-state index in [2.05, 4.69) is 0 Å². The Hall–Kier alpha value is -2.83. The average molecular weight is 445 g/mol. The van der Waals surface area contributed by atoms with E-state index in [-0.39, 0.29) is 10.6 Å². The van der Waals surface area contributed by atoms with Crippen LogP contribution < -0.4 is 4.74 Å². The molecule has 156 valence electrons. The molecule has 0 saturated heterocycles. The maximum absolute atomic E-state index is 12.9. The predicted octanol–water partition coefficient (Wildman–Crippen LogP) is 4.80. The first-order valence-corrected chi connectivity index (χ1v) is 11.3. The van der Waals surface area contributed by atoms with Crippen LogP contribution in [0.5, 0.6) is 5.75 Å². The molecule has 0 spiro atoms. The molecule has 0 aliphatic heterocycles. The van der Waals surface area contributed by atoms with E-state index in [9.17, 15) is 13.2 Å². The third-order valence-electron chi connectivity index (χ3n) is 4.65. The number of hydrogen-bond acceptors (Lipinski definition) is 4. The summed E-state index contributed by atoms with van der Waals surface area (Å²) in [6, 6.07) is 19.2. The van der Waals surface area contributed by atoms with Crippen molar-refractivity contribution >= 4 is 27.4 Å². The molecular formula is C23H21ClO5S. The van der Waals surface area contributed by atoms with Crippen LogP contribution in [0.3, 0.4) is 0 Å². The highest BCUT2D eigenvalue weighted by atomic mass is 35.5. The molecule has 1 N–H and O–H groups in total. The van der Waals surface area contributed by atoms with Gasteiger partial charge in [-0.25, -0.2) is 13.2 Å². The molecule has 0 amide bonds. The zero-order chi connectivity index (χ0) is 21.7. The molecule has 3 aromatic carbocycles. The van der Waals surface area contributed by atoms with Gasteiger partial charge in [0.15, 0.2) is 16.4 Å². The fourth-order valence-electron chi connectivity index (χ4n) is 3.08. The molecule has 0 radical (unpaired) electrons. The number of hydrogen-bond donors (Lipinski definition) is 1. The number of rotatable bonds is 8. The molecule has 7 heteroatoms. The number of carboxylic acid groups (broad SMARTS) is 1. The summed E-state index contributed by atoms with van der Waals surface area (Å²) in [5.74, 6) is -0.800. The minimum absolute atomic E-state index is 0.0164. The number of ether oxygens (including phenoxy) is 1. The van der Waals surface area contributed by atoms with Crippen LogP contribution in [-0.2, 0) is 21.1 Å². The van der Waals surface area contributed by atoms with Crippen molar-refractivity contribution in [2.45, 2.75) is 18.2 Å². The summed E-state index contributed by atoms with van der Waals surface area (Å²) in [4.78, 5) is 11.1. The zero-order valence-electron chi connectivity index (χ0n) is 16.3. The Labute approximate surface area is 180 Å². The minimum atomic E-state index is -3.52. The molecule has 0 aromatic heterocycles. The van der Waals surface area contributed by atoms with Gasteiger partial charge in [0.1, 0.15) is 5.75 Å². The summed E-state index contributed by atoms with van der Waals surface area (Å²) in [5.41, 5.74) is 2.94. The van der Waals surface area contributed by atoms with E-state index < -0.39 is 22.4 Å². The van der Waals surface area contributed by atoms with E-state index >= 15 is 0 Å². The molecule has 0 atom stereocenters. The Kier molecular flexibility index (Phi) is 6.80. The van der Waals surface area contributed by atoms with E-state index in [4.69, 9.17) is 21.4 Å². The Morgan fingerprint density at radius 2 is 1.73 bits per heavy atom. The van der Waals surface area contributed by atoms with Gasteiger partial charge in [-0.1, -0.05) is 48.0 Å². The molecule has 0 heterocycles. The van der Waals surface area contributed by atoms with Crippen molar-refractivity contribution in [3.63, 3.8) is 0 Å². The zero-order valence-corrected chi connectivity index (χ0v) is 17.9. The van der Waals surface area contributed by atoms with Crippen LogP contribution in [0.4, 0.5) is 0 Å². The van der Waals surface area contributed by atoms with Crippen molar-refractivity contribution in [1.29, 1.82) is 0 Å². The normalized spacial score (nSPS) is 11.3. The maximum atomic E-state index is 12.9. The molecule has 0 aliphatic rings. The van der Waals surface area contributed by atoms with E-state index in [1.807, 2.05) is 37.3 Å². The van der Waals surface area contributed by atoms with Crippen molar-refractivity contribution in [3.8, 4) is 16.9 Å². The number of aliphatic carboxylic acids is 1. The van der Waals surface area contributed by atoms with Crippen LogP contribution >= 0.6 is 11.6 Å². The van der Waals surface area contributed by atoms with E-state index in [0.717, 1.165) is 11.1 Å². The van der Waals surface area contributed by atoms with Gasteiger partial charge in [-0.3, -0.25) is 0 Å². The van der Waals surface area contributed by atoms with Crippen molar-refractivity contribution in [1.82, 2.24) is 0 Å². The van der Waals surface area contributed by atoms with Crippen molar-refractivity contribution in [2.24, 2.45) is 0 Å². The Bertz CT molecular complexity index is 1160. The van der Waals surface area contributed by atoms with Crippen LogP contribution in [0.2, 0.25) is 5.02 Å². The minimum Gasteiger partial charge on any atom is -0.481 e. The van der Waals surface area contributed by atoms with Crippen LogP contribution in [-0.4, -0.2) is 31.9 Å². The second-order valence-corrected chi connectivity index (χ2v) is 9.40. The van der Waals surface area contributed by atoms with Crippen molar-refractivity contribution < 1.29 is 23.1 Å². The molecular weight excluding hydrogens is 424 g/mol. The van der Waals surface area contributed by atoms with Gasteiger partial charge in [0.2, 0.25) is 0 Å². The number of benzene rings is 3. The first kappa shape index (κ1) is 21.9. The van der Waals surface area contributed by atoms with Crippen LogP contribution in [0.25, 0.3) is 11.1 Å².